The Morgan fingerprint density at radius 1 is 0.676 bits per heavy atom. The molecule has 0 radical (unpaired) electrons. The van der Waals surface area contributed by atoms with Crippen LogP contribution in [0.25, 0.3) is 21.5 Å². The molecule has 168 valence electrons. The number of nitrogens with two attached hydrogens (primary N) is 1. The molecule has 34 heavy (non-hydrogen) atoms. The first-order chi connectivity index (χ1) is 16.1. The van der Waals surface area contributed by atoms with Gasteiger partial charge in [-0.1, -0.05) is 48.5 Å². The van der Waals surface area contributed by atoms with E-state index in [1.54, 1.807) is 24.4 Å². The van der Waals surface area contributed by atoms with Gasteiger partial charge in [0, 0.05) is 63.8 Å². The molecule has 0 saturated carbocycles. The van der Waals surface area contributed by atoms with Gasteiger partial charge in [-0.25, -0.2) is 4.99 Å². The molecule has 0 aromatic heterocycles. The van der Waals surface area contributed by atoms with Gasteiger partial charge in [0.15, 0.2) is 0 Å². The van der Waals surface area contributed by atoms with Gasteiger partial charge in [0.05, 0.1) is 17.6 Å². The number of benzene rings is 5. The largest absolute Gasteiger partial charge is 0.507 e. The standard InChI is InChI=1S/C29H21N3O.Ni/c1-19-10-11-20-6-2-4-8-23(20)25(19)17-32-28-16-22(30)13-14-27(28)31-18-26-24-9-5-3-7-21(24)12-15-29(26)33;/h2-18H,1,30H2;/p+1. The van der Waals surface area contributed by atoms with Crippen LogP contribution in [0.3, 0.4) is 0 Å². The Balaban J connectivity index is 0.00000274. The fraction of sp³-hybridized carbons (Fsp3) is 0. The van der Waals surface area contributed by atoms with Crippen LogP contribution in [-0.4, -0.2) is 17.5 Å². The second-order valence-electron chi connectivity index (χ2n) is 7.84. The molecule has 5 aromatic carbocycles. The first-order valence-corrected chi connectivity index (χ1v) is 10.6. The predicted molar refractivity (Wildman–Crippen MR) is 139 cm³/mol. The summed E-state index contributed by atoms with van der Waals surface area (Å²) in [6.07, 6.45) is 3.49. The first-order valence-electron chi connectivity index (χ1n) is 10.6. The van der Waals surface area contributed by atoms with E-state index in [1.165, 1.54) is 0 Å². The van der Waals surface area contributed by atoms with Gasteiger partial charge in [0.25, 0.3) is 0 Å². The third-order valence-corrected chi connectivity index (χ3v) is 5.67. The second-order valence-corrected chi connectivity index (χ2v) is 7.84. The van der Waals surface area contributed by atoms with Gasteiger partial charge >= 0.3 is 0 Å². The average molecular weight is 487 g/mol. The van der Waals surface area contributed by atoms with Gasteiger partial charge in [-0.2, -0.15) is 0 Å². The van der Waals surface area contributed by atoms with E-state index in [1.807, 2.05) is 60.8 Å². The minimum absolute atomic E-state index is 0. The van der Waals surface area contributed by atoms with E-state index in [-0.39, 0.29) is 22.2 Å². The van der Waals surface area contributed by atoms with Gasteiger partial charge in [0.2, 0.25) is 0 Å². The normalized spacial score (nSPS) is 11.4. The molecule has 0 amide bonds. The van der Waals surface area contributed by atoms with Crippen LogP contribution in [0.15, 0.2) is 101 Å². The Morgan fingerprint density at radius 3 is 2.00 bits per heavy atom. The summed E-state index contributed by atoms with van der Waals surface area (Å²) in [6, 6.07) is 29.1. The molecular weight excluding hydrogens is 465 g/mol. The van der Waals surface area contributed by atoms with E-state index < -0.39 is 0 Å². The summed E-state index contributed by atoms with van der Waals surface area (Å²) < 4.78 is 0. The number of aliphatic imine (C=N–C) groups is 2. The number of hydrogen-bond donors (Lipinski definition) is 2. The molecule has 0 bridgehead atoms. The molecular formula is C29H22N3NiO+. The number of hydrogen-bond acceptors (Lipinski definition) is 4. The van der Waals surface area contributed by atoms with Crippen molar-refractivity contribution in [1.82, 2.24) is 0 Å². The Kier molecular flexibility index (Phi) is 6.67. The van der Waals surface area contributed by atoms with Crippen molar-refractivity contribution in [1.29, 1.82) is 0 Å². The van der Waals surface area contributed by atoms with E-state index in [0.29, 0.717) is 22.6 Å². The maximum atomic E-state index is 10.4. The van der Waals surface area contributed by atoms with E-state index in [2.05, 4.69) is 30.1 Å². The molecule has 0 atom stereocenters. The number of rotatable bonds is 4. The van der Waals surface area contributed by atoms with Crippen molar-refractivity contribution in [2.75, 3.05) is 5.73 Å². The van der Waals surface area contributed by atoms with Crippen LogP contribution in [0.2, 0.25) is 0 Å². The molecule has 3 N–H and O–H groups in total. The summed E-state index contributed by atoms with van der Waals surface area (Å²) >= 11 is 0. The third-order valence-electron chi connectivity index (χ3n) is 5.67. The van der Waals surface area contributed by atoms with Crippen molar-refractivity contribution in [2.45, 2.75) is 0 Å². The Labute approximate surface area is 208 Å². The average Bonchev–Trinajstić information content (AvgIpc) is 2.83. The van der Waals surface area contributed by atoms with E-state index in [0.717, 1.165) is 32.7 Å². The molecule has 5 aromatic rings. The van der Waals surface area contributed by atoms with E-state index in [9.17, 15) is 5.11 Å². The molecule has 4 nitrogen and oxygen atoms in total. The Morgan fingerprint density at radius 2 is 1.26 bits per heavy atom. The van der Waals surface area contributed by atoms with Crippen LogP contribution in [-0.2, 0) is 16.5 Å². The summed E-state index contributed by atoms with van der Waals surface area (Å²) in [5.41, 5.74) is 10.4. The molecule has 0 unspecified atom stereocenters. The zero-order valence-corrected chi connectivity index (χ0v) is 19.2. The van der Waals surface area contributed by atoms with Gasteiger partial charge in [0.1, 0.15) is 16.9 Å². The number of anilines is 1. The Hall–Kier alpha value is -4.08. The number of aromatic hydroxyl groups is 1. The third kappa shape index (κ3) is 4.52. The number of nitrogen functional groups attached to an aromatic ring is 1. The molecule has 0 fully saturated rings. The fourth-order valence-electron chi connectivity index (χ4n) is 3.93. The van der Waals surface area contributed by atoms with E-state index >= 15 is 0 Å². The van der Waals surface area contributed by atoms with Crippen molar-refractivity contribution in [3.8, 4) is 5.75 Å². The van der Waals surface area contributed by atoms with Crippen LogP contribution >= 0.6 is 0 Å². The SMILES string of the molecule is [CH2+]c1ccc2ccccc2c1C=Nc1cc(N)ccc1N=Cc1c(O)ccc2ccccc12.[Ni]. The van der Waals surface area contributed by atoms with Crippen LogP contribution in [0.4, 0.5) is 17.1 Å². The minimum atomic E-state index is 0. The summed E-state index contributed by atoms with van der Waals surface area (Å²) in [7, 11) is 0. The number of phenolic OH excluding ortho intramolecular Hbond substituents is 1. The van der Waals surface area contributed by atoms with Crippen molar-refractivity contribution < 1.29 is 21.6 Å². The van der Waals surface area contributed by atoms with Crippen molar-refractivity contribution >= 4 is 51.0 Å². The van der Waals surface area contributed by atoms with Gasteiger partial charge < -0.3 is 10.8 Å². The summed E-state index contributed by atoms with van der Waals surface area (Å²) in [5.74, 6) is 0.176. The zero-order chi connectivity index (χ0) is 22.8. The van der Waals surface area contributed by atoms with Crippen LogP contribution in [0, 0.1) is 6.92 Å². The topological polar surface area (TPSA) is 71.0 Å². The quantitative estimate of drug-likeness (QED) is 0.125. The zero-order valence-electron chi connectivity index (χ0n) is 18.3. The smallest absolute Gasteiger partial charge is 0.136 e. The predicted octanol–water partition coefficient (Wildman–Crippen LogP) is 6.96. The van der Waals surface area contributed by atoms with Crippen LogP contribution in [0.5, 0.6) is 5.75 Å². The van der Waals surface area contributed by atoms with Gasteiger partial charge in [-0.15, -0.1) is 0 Å². The molecule has 0 aliphatic heterocycles. The number of nitrogens with zero attached hydrogens (tertiary/aromatic N) is 2. The van der Waals surface area contributed by atoms with Gasteiger partial charge in [-0.3, -0.25) is 4.99 Å². The van der Waals surface area contributed by atoms with Crippen molar-refractivity contribution in [2.24, 2.45) is 9.98 Å². The molecule has 0 aliphatic rings. The van der Waals surface area contributed by atoms with Gasteiger partial charge in [-0.05, 0) is 41.1 Å². The monoisotopic (exact) mass is 486 g/mol. The molecule has 0 heterocycles. The summed E-state index contributed by atoms with van der Waals surface area (Å²) in [6.45, 7) is 4.16. The minimum Gasteiger partial charge on any atom is -0.507 e. The molecule has 0 spiro atoms. The fourth-order valence-corrected chi connectivity index (χ4v) is 3.93. The first kappa shape index (κ1) is 23.1. The molecule has 5 rings (SSSR count). The summed E-state index contributed by atoms with van der Waals surface area (Å²) in [4.78, 5) is 9.38. The van der Waals surface area contributed by atoms with Crippen LogP contribution in [0.1, 0.15) is 16.7 Å². The van der Waals surface area contributed by atoms with Crippen molar-refractivity contribution in [3.05, 3.63) is 115 Å². The number of fused-ring (bicyclic) bond motifs is 2. The maximum Gasteiger partial charge on any atom is 0.136 e. The molecule has 5 heteroatoms. The van der Waals surface area contributed by atoms with Crippen LogP contribution < -0.4 is 5.73 Å². The number of phenols is 1. The summed E-state index contributed by atoms with van der Waals surface area (Å²) in [5, 5.41) is 14.6. The molecule has 0 saturated heterocycles. The Bertz CT molecular complexity index is 1560. The van der Waals surface area contributed by atoms with Crippen molar-refractivity contribution in [3.63, 3.8) is 0 Å². The maximum absolute atomic E-state index is 10.4. The van der Waals surface area contributed by atoms with E-state index in [4.69, 9.17) is 10.7 Å². The second kappa shape index (κ2) is 9.82. The molecule has 0 aliphatic carbocycles.